The minimum atomic E-state index is 0.490. The first-order chi connectivity index (χ1) is 13.7. The summed E-state index contributed by atoms with van der Waals surface area (Å²) in [6.07, 6.45) is 2.09. The lowest BCUT2D eigenvalue weighted by molar-refractivity contribution is 0.292. The van der Waals surface area contributed by atoms with E-state index in [4.69, 9.17) is 14.5 Å². The molecule has 0 saturated heterocycles. The van der Waals surface area contributed by atoms with Crippen LogP contribution in [0.1, 0.15) is 16.8 Å². The first-order valence-electron chi connectivity index (χ1n) is 9.10. The summed E-state index contributed by atoms with van der Waals surface area (Å²) in [5.74, 6) is 1.48. The third-order valence-corrected chi connectivity index (χ3v) is 5.50. The van der Waals surface area contributed by atoms with Crippen molar-refractivity contribution in [2.45, 2.75) is 20.1 Å². The lowest BCUT2D eigenvalue weighted by Gasteiger charge is -2.12. The Kier molecular flexibility index (Phi) is 5.35. The third kappa shape index (κ3) is 3.76. The first-order valence-corrected chi connectivity index (χ1v) is 9.89. The van der Waals surface area contributed by atoms with Gasteiger partial charge in [0, 0.05) is 18.1 Å². The van der Waals surface area contributed by atoms with Crippen LogP contribution in [0.4, 0.5) is 0 Å². The molecule has 0 amide bonds. The number of benzene rings is 2. The van der Waals surface area contributed by atoms with E-state index in [1.165, 1.54) is 5.56 Å². The largest absolute Gasteiger partial charge is 0.497 e. The Morgan fingerprint density at radius 1 is 0.964 bits per heavy atom. The molecule has 0 radical (unpaired) electrons. The van der Waals surface area contributed by atoms with Crippen LogP contribution < -0.4 is 9.47 Å². The van der Waals surface area contributed by atoms with Gasteiger partial charge in [0.15, 0.2) is 0 Å². The van der Waals surface area contributed by atoms with Crippen molar-refractivity contribution in [3.05, 3.63) is 88.2 Å². The fourth-order valence-corrected chi connectivity index (χ4v) is 3.83. The predicted molar refractivity (Wildman–Crippen MR) is 115 cm³/mol. The minimum Gasteiger partial charge on any atom is -0.497 e. The van der Waals surface area contributed by atoms with Gasteiger partial charge in [0.2, 0.25) is 5.88 Å². The molecule has 5 heteroatoms. The Morgan fingerprint density at radius 3 is 2.43 bits per heavy atom. The van der Waals surface area contributed by atoms with Crippen LogP contribution in [0, 0.1) is 6.92 Å². The number of aryl methyl sites for hydroxylation is 1. The summed E-state index contributed by atoms with van der Waals surface area (Å²) in [6.45, 7) is 3.28. The summed E-state index contributed by atoms with van der Waals surface area (Å²) >= 11 is 3.69. The fourth-order valence-electron chi connectivity index (χ4n) is 3.30. The van der Waals surface area contributed by atoms with Crippen molar-refractivity contribution in [3.8, 4) is 11.6 Å². The van der Waals surface area contributed by atoms with Crippen molar-refractivity contribution in [3.63, 3.8) is 0 Å². The number of halogens is 1. The van der Waals surface area contributed by atoms with E-state index in [9.17, 15) is 0 Å². The fraction of sp³-hybridized carbons (Fsp3) is 0.174. The van der Waals surface area contributed by atoms with Crippen LogP contribution in [0.15, 0.2) is 71.3 Å². The normalized spacial score (nSPS) is 11.0. The third-order valence-electron chi connectivity index (χ3n) is 4.73. The molecule has 142 valence electrons. The van der Waals surface area contributed by atoms with Gasteiger partial charge in [-0.1, -0.05) is 42.5 Å². The number of fused-ring (bicyclic) bond motifs is 1. The maximum absolute atomic E-state index is 5.98. The molecule has 4 aromatic rings. The SMILES string of the molecule is COc1ccc(Cn2ccc3c(Br)c(OCc4ccccc4)nc(C)c32)cc1. The van der Waals surface area contributed by atoms with Gasteiger partial charge in [-0.05, 0) is 52.2 Å². The molecule has 0 saturated carbocycles. The van der Waals surface area contributed by atoms with E-state index < -0.39 is 0 Å². The van der Waals surface area contributed by atoms with E-state index in [-0.39, 0.29) is 0 Å². The van der Waals surface area contributed by atoms with Crippen molar-refractivity contribution < 1.29 is 9.47 Å². The highest BCUT2D eigenvalue weighted by atomic mass is 79.9. The predicted octanol–water partition coefficient (Wildman–Crippen LogP) is 5.74. The van der Waals surface area contributed by atoms with Gasteiger partial charge in [-0.15, -0.1) is 0 Å². The van der Waals surface area contributed by atoms with Crippen LogP contribution in [0.3, 0.4) is 0 Å². The molecule has 4 rings (SSSR count). The van der Waals surface area contributed by atoms with Crippen molar-refractivity contribution in [2.24, 2.45) is 0 Å². The number of pyridine rings is 1. The molecule has 0 N–H and O–H groups in total. The molecular formula is C23H21BrN2O2. The number of methoxy groups -OCH3 is 1. The highest BCUT2D eigenvalue weighted by Crippen LogP contribution is 2.34. The van der Waals surface area contributed by atoms with Crippen LogP contribution in [-0.2, 0) is 13.2 Å². The highest BCUT2D eigenvalue weighted by molar-refractivity contribution is 9.10. The molecule has 2 aromatic heterocycles. The molecule has 0 aliphatic heterocycles. The molecule has 0 aliphatic rings. The van der Waals surface area contributed by atoms with Gasteiger partial charge in [-0.2, -0.15) is 0 Å². The first kappa shape index (κ1) is 18.6. The Hall–Kier alpha value is -2.79. The second kappa shape index (κ2) is 8.07. The van der Waals surface area contributed by atoms with E-state index >= 15 is 0 Å². The van der Waals surface area contributed by atoms with Crippen molar-refractivity contribution in [1.82, 2.24) is 9.55 Å². The number of rotatable bonds is 6. The van der Waals surface area contributed by atoms with Gasteiger partial charge in [0.05, 0.1) is 22.8 Å². The summed E-state index contributed by atoms with van der Waals surface area (Å²) in [4.78, 5) is 4.71. The molecule has 0 bridgehead atoms. The Bertz CT molecular complexity index is 1090. The Morgan fingerprint density at radius 2 is 1.71 bits per heavy atom. The monoisotopic (exact) mass is 436 g/mol. The molecule has 0 fully saturated rings. The van der Waals surface area contributed by atoms with E-state index in [0.717, 1.165) is 38.9 Å². The maximum Gasteiger partial charge on any atom is 0.229 e. The minimum absolute atomic E-state index is 0.490. The van der Waals surface area contributed by atoms with E-state index in [0.29, 0.717) is 12.5 Å². The summed E-state index contributed by atoms with van der Waals surface area (Å²) in [5.41, 5.74) is 4.37. The average Bonchev–Trinajstić information content (AvgIpc) is 3.15. The van der Waals surface area contributed by atoms with Crippen molar-refractivity contribution >= 4 is 26.8 Å². The van der Waals surface area contributed by atoms with Gasteiger partial charge in [-0.25, -0.2) is 4.98 Å². The molecule has 0 spiro atoms. The van der Waals surface area contributed by atoms with E-state index in [2.05, 4.69) is 44.9 Å². The molecule has 2 heterocycles. The average molecular weight is 437 g/mol. The van der Waals surface area contributed by atoms with E-state index in [1.54, 1.807) is 7.11 Å². The zero-order valence-corrected chi connectivity index (χ0v) is 17.4. The second-order valence-corrected chi connectivity index (χ2v) is 7.44. The number of hydrogen-bond acceptors (Lipinski definition) is 3. The van der Waals surface area contributed by atoms with Gasteiger partial charge in [0.1, 0.15) is 12.4 Å². The molecule has 0 unspecified atom stereocenters. The topological polar surface area (TPSA) is 36.3 Å². The number of ether oxygens (including phenoxy) is 2. The summed E-state index contributed by atoms with van der Waals surface area (Å²) < 4.78 is 14.3. The molecule has 2 aromatic carbocycles. The zero-order chi connectivity index (χ0) is 19.5. The van der Waals surface area contributed by atoms with Crippen molar-refractivity contribution in [1.29, 1.82) is 0 Å². The van der Waals surface area contributed by atoms with E-state index in [1.807, 2.05) is 49.4 Å². The zero-order valence-electron chi connectivity index (χ0n) is 15.9. The molecule has 0 aliphatic carbocycles. The quantitative estimate of drug-likeness (QED) is 0.386. The smallest absolute Gasteiger partial charge is 0.229 e. The van der Waals surface area contributed by atoms with Crippen LogP contribution >= 0.6 is 15.9 Å². The maximum atomic E-state index is 5.98. The van der Waals surface area contributed by atoms with Crippen LogP contribution in [0.25, 0.3) is 10.9 Å². The van der Waals surface area contributed by atoms with Crippen molar-refractivity contribution in [2.75, 3.05) is 7.11 Å². The summed E-state index contributed by atoms with van der Waals surface area (Å²) in [5, 5.41) is 1.10. The van der Waals surface area contributed by atoms with Gasteiger partial charge in [-0.3, -0.25) is 0 Å². The standard InChI is InChI=1S/C23H21BrN2O2/c1-16-22-20(12-13-26(22)14-17-8-10-19(27-2)11-9-17)21(24)23(25-16)28-15-18-6-4-3-5-7-18/h3-13H,14-15H2,1-2H3. The lowest BCUT2D eigenvalue weighted by Crippen LogP contribution is -2.03. The molecule has 28 heavy (non-hydrogen) atoms. The summed E-state index contributed by atoms with van der Waals surface area (Å²) in [7, 11) is 1.68. The Balaban J connectivity index is 1.61. The molecule has 0 atom stereocenters. The number of hydrogen-bond donors (Lipinski definition) is 0. The molecule has 4 nitrogen and oxygen atoms in total. The summed E-state index contributed by atoms with van der Waals surface area (Å²) in [6, 6.07) is 20.3. The van der Waals surface area contributed by atoms with Crippen LogP contribution in [0.2, 0.25) is 0 Å². The lowest BCUT2D eigenvalue weighted by atomic mass is 10.2. The van der Waals surface area contributed by atoms with Gasteiger partial charge in [0.25, 0.3) is 0 Å². The van der Waals surface area contributed by atoms with Crippen LogP contribution in [-0.4, -0.2) is 16.7 Å². The number of aromatic nitrogens is 2. The van der Waals surface area contributed by atoms with Crippen LogP contribution in [0.5, 0.6) is 11.6 Å². The number of nitrogens with zero attached hydrogens (tertiary/aromatic N) is 2. The highest BCUT2D eigenvalue weighted by Gasteiger charge is 2.15. The van der Waals surface area contributed by atoms with Gasteiger partial charge >= 0.3 is 0 Å². The second-order valence-electron chi connectivity index (χ2n) is 6.64. The molecular weight excluding hydrogens is 416 g/mol. The van der Waals surface area contributed by atoms with Gasteiger partial charge < -0.3 is 14.0 Å². The Labute approximate surface area is 172 Å².